The molecule has 1 aliphatic heterocycles. The summed E-state index contributed by atoms with van der Waals surface area (Å²) in [5, 5.41) is 12.0. The molecule has 3 amide bonds. The highest BCUT2D eigenvalue weighted by Crippen LogP contribution is 2.33. The zero-order valence-electron chi connectivity index (χ0n) is 23.4. The van der Waals surface area contributed by atoms with Gasteiger partial charge in [0.2, 0.25) is 5.91 Å². The number of nitro groups is 1. The van der Waals surface area contributed by atoms with E-state index in [1.165, 1.54) is 29.2 Å². The number of anilines is 1. The fourth-order valence-electron chi connectivity index (χ4n) is 5.14. The Morgan fingerprint density at radius 2 is 1.63 bits per heavy atom. The van der Waals surface area contributed by atoms with Crippen molar-refractivity contribution in [3.8, 4) is 10.6 Å². The smallest absolute Gasteiger partial charge is 0.269 e. The molecule has 1 atom stereocenters. The second kappa shape index (κ2) is 11.2. The molecule has 1 aromatic heterocycles. The standard InChI is InChI=1S/C33H26N4O5S/c1-20-3-6-22(7-4-20)19-35(32(39)24-10-14-26(15-11-24)37(41)42)28-18-30(38)36(33(28)40)25-12-8-23(9-13-25)31-34-27-16-5-21(2)17-29(27)43-31/h3-17,28H,18-19H2,1-2H3. The number of aromatic nitrogens is 1. The van der Waals surface area contributed by atoms with Crippen LogP contribution in [0.15, 0.2) is 91.0 Å². The fourth-order valence-corrected chi connectivity index (χ4v) is 6.21. The van der Waals surface area contributed by atoms with Gasteiger partial charge in [0.15, 0.2) is 0 Å². The first-order valence-corrected chi connectivity index (χ1v) is 14.4. The lowest BCUT2D eigenvalue weighted by Crippen LogP contribution is -2.45. The van der Waals surface area contributed by atoms with E-state index >= 15 is 0 Å². The number of imide groups is 1. The number of carbonyl (C=O) groups excluding carboxylic acids is 3. The van der Waals surface area contributed by atoms with Crippen LogP contribution in [-0.2, 0) is 16.1 Å². The number of rotatable bonds is 7. The summed E-state index contributed by atoms with van der Waals surface area (Å²) in [6.07, 6.45) is -0.178. The predicted molar refractivity (Wildman–Crippen MR) is 165 cm³/mol. The van der Waals surface area contributed by atoms with E-state index in [1.807, 2.05) is 62.4 Å². The number of aryl methyl sites for hydroxylation is 2. The number of thiazole rings is 1. The van der Waals surface area contributed by atoms with Gasteiger partial charge in [0, 0.05) is 29.8 Å². The van der Waals surface area contributed by atoms with Crippen LogP contribution in [0.4, 0.5) is 11.4 Å². The molecule has 5 aromatic rings. The van der Waals surface area contributed by atoms with Gasteiger partial charge in [-0.2, -0.15) is 0 Å². The highest BCUT2D eigenvalue weighted by Gasteiger charge is 2.44. The van der Waals surface area contributed by atoms with Crippen molar-refractivity contribution in [2.75, 3.05) is 4.90 Å². The van der Waals surface area contributed by atoms with Crippen molar-refractivity contribution in [1.82, 2.24) is 9.88 Å². The van der Waals surface area contributed by atoms with Crippen LogP contribution >= 0.6 is 11.3 Å². The Balaban J connectivity index is 1.28. The van der Waals surface area contributed by atoms with Gasteiger partial charge in [-0.05, 0) is 73.5 Å². The van der Waals surface area contributed by atoms with Crippen molar-refractivity contribution in [2.24, 2.45) is 0 Å². The summed E-state index contributed by atoms with van der Waals surface area (Å²) in [6.45, 7) is 4.07. The lowest BCUT2D eigenvalue weighted by atomic mass is 10.1. The van der Waals surface area contributed by atoms with Crippen molar-refractivity contribution in [3.05, 3.63) is 123 Å². The first-order chi connectivity index (χ1) is 20.7. The minimum atomic E-state index is -1.04. The number of carbonyl (C=O) groups is 3. The number of amides is 3. The molecule has 10 heteroatoms. The Bertz CT molecular complexity index is 1880. The van der Waals surface area contributed by atoms with Gasteiger partial charge in [-0.15, -0.1) is 11.3 Å². The zero-order valence-corrected chi connectivity index (χ0v) is 24.2. The van der Waals surface area contributed by atoms with E-state index in [4.69, 9.17) is 4.98 Å². The Hall–Kier alpha value is -5.22. The van der Waals surface area contributed by atoms with Crippen LogP contribution in [0.25, 0.3) is 20.8 Å². The molecular formula is C33H26N4O5S. The minimum absolute atomic E-state index is 0.0870. The van der Waals surface area contributed by atoms with Crippen LogP contribution in [0.3, 0.4) is 0 Å². The number of nitro benzene ring substituents is 1. The average Bonchev–Trinajstić information content (AvgIpc) is 3.56. The number of benzene rings is 4. The molecule has 4 aromatic carbocycles. The van der Waals surface area contributed by atoms with Crippen LogP contribution in [0.5, 0.6) is 0 Å². The molecule has 214 valence electrons. The van der Waals surface area contributed by atoms with Crippen molar-refractivity contribution in [2.45, 2.75) is 32.9 Å². The Kier molecular flexibility index (Phi) is 7.29. The highest BCUT2D eigenvalue weighted by atomic mass is 32.1. The van der Waals surface area contributed by atoms with E-state index in [0.29, 0.717) is 5.69 Å². The van der Waals surface area contributed by atoms with Crippen LogP contribution in [-0.4, -0.2) is 38.6 Å². The maximum Gasteiger partial charge on any atom is 0.269 e. The van der Waals surface area contributed by atoms with Gasteiger partial charge in [0.05, 0.1) is 27.2 Å². The third-order valence-corrected chi connectivity index (χ3v) is 8.54. The first kappa shape index (κ1) is 27.9. The van der Waals surface area contributed by atoms with E-state index < -0.39 is 28.7 Å². The van der Waals surface area contributed by atoms with Gasteiger partial charge in [0.1, 0.15) is 11.0 Å². The van der Waals surface area contributed by atoms with Crippen molar-refractivity contribution in [3.63, 3.8) is 0 Å². The van der Waals surface area contributed by atoms with Crippen molar-refractivity contribution in [1.29, 1.82) is 0 Å². The first-order valence-electron chi connectivity index (χ1n) is 13.6. The molecule has 0 N–H and O–H groups in total. The lowest BCUT2D eigenvalue weighted by Gasteiger charge is -2.28. The van der Waals surface area contributed by atoms with E-state index in [2.05, 4.69) is 6.07 Å². The fraction of sp³-hybridized carbons (Fsp3) is 0.152. The Morgan fingerprint density at radius 3 is 2.30 bits per heavy atom. The molecule has 9 nitrogen and oxygen atoms in total. The quantitative estimate of drug-likeness (QED) is 0.122. The summed E-state index contributed by atoms with van der Waals surface area (Å²) in [4.78, 5) is 58.6. The normalized spacial score (nSPS) is 14.8. The van der Waals surface area contributed by atoms with Gasteiger partial charge in [0.25, 0.3) is 17.5 Å². The number of non-ortho nitro benzene ring substituents is 1. The van der Waals surface area contributed by atoms with Gasteiger partial charge >= 0.3 is 0 Å². The molecule has 43 heavy (non-hydrogen) atoms. The van der Waals surface area contributed by atoms with Crippen molar-refractivity contribution < 1.29 is 19.3 Å². The monoisotopic (exact) mass is 590 g/mol. The van der Waals surface area contributed by atoms with E-state index in [-0.39, 0.29) is 24.2 Å². The van der Waals surface area contributed by atoms with E-state index in [0.717, 1.165) is 42.4 Å². The number of fused-ring (bicyclic) bond motifs is 1. The Morgan fingerprint density at radius 1 is 0.953 bits per heavy atom. The van der Waals surface area contributed by atoms with Crippen LogP contribution < -0.4 is 4.90 Å². The van der Waals surface area contributed by atoms with Crippen LogP contribution in [0.2, 0.25) is 0 Å². The topological polar surface area (TPSA) is 114 Å². The molecule has 0 spiro atoms. The maximum absolute atomic E-state index is 13.8. The second-order valence-corrected chi connectivity index (χ2v) is 11.6. The van der Waals surface area contributed by atoms with Gasteiger partial charge in [-0.25, -0.2) is 9.88 Å². The van der Waals surface area contributed by atoms with Crippen molar-refractivity contribution >= 4 is 50.6 Å². The second-order valence-electron chi connectivity index (χ2n) is 10.5. The largest absolute Gasteiger partial charge is 0.322 e. The highest BCUT2D eigenvalue weighted by molar-refractivity contribution is 7.21. The predicted octanol–water partition coefficient (Wildman–Crippen LogP) is 6.46. The summed E-state index contributed by atoms with van der Waals surface area (Å²) in [5.41, 5.74) is 5.21. The summed E-state index contributed by atoms with van der Waals surface area (Å²) < 4.78 is 1.08. The summed E-state index contributed by atoms with van der Waals surface area (Å²) in [6, 6.07) is 24.9. The molecule has 1 unspecified atom stereocenters. The third kappa shape index (κ3) is 5.52. The molecule has 1 aliphatic rings. The molecule has 0 radical (unpaired) electrons. The zero-order chi connectivity index (χ0) is 30.2. The summed E-state index contributed by atoms with van der Waals surface area (Å²) in [5.74, 6) is -1.41. The summed E-state index contributed by atoms with van der Waals surface area (Å²) >= 11 is 1.57. The molecule has 1 saturated heterocycles. The molecule has 6 rings (SSSR count). The van der Waals surface area contributed by atoms with E-state index in [9.17, 15) is 24.5 Å². The van der Waals surface area contributed by atoms with Gasteiger partial charge in [-0.3, -0.25) is 24.5 Å². The number of hydrogen-bond acceptors (Lipinski definition) is 7. The minimum Gasteiger partial charge on any atom is -0.322 e. The average molecular weight is 591 g/mol. The molecule has 0 saturated carbocycles. The van der Waals surface area contributed by atoms with E-state index in [1.54, 1.807) is 23.5 Å². The molecule has 1 fully saturated rings. The van der Waals surface area contributed by atoms with Crippen LogP contribution in [0.1, 0.15) is 33.5 Å². The summed E-state index contributed by atoms with van der Waals surface area (Å²) in [7, 11) is 0. The molecule has 0 bridgehead atoms. The maximum atomic E-state index is 13.8. The van der Waals surface area contributed by atoms with Crippen LogP contribution in [0, 0.1) is 24.0 Å². The molecular weight excluding hydrogens is 564 g/mol. The molecule has 0 aliphatic carbocycles. The number of hydrogen-bond donors (Lipinski definition) is 0. The van der Waals surface area contributed by atoms with Gasteiger partial charge < -0.3 is 4.90 Å². The SMILES string of the molecule is Cc1ccc(CN(C(=O)c2ccc([N+](=O)[O-])cc2)C2CC(=O)N(c3ccc(-c4nc5ccc(C)cc5s4)cc3)C2=O)cc1. The molecule has 2 heterocycles. The lowest BCUT2D eigenvalue weighted by molar-refractivity contribution is -0.384. The third-order valence-electron chi connectivity index (χ3n) is 7.47. The van der Waals surface area contributed by atoms with Gasteiger partial charge in [-0.1, -0.05) is 35.9 Å². The Labute approximate surface area is 251 Å². The number of nitrogens with zero attached hydrogens (tertiary/aromatic N) is 4.